The van der Waals surface area contributed by atoms with Crippen molar-refractivity contribution in [1.82, 2.24) is 0 Å². The van der Waals surface area contributed by atoms with Gasteiger partial charge in [-0.15, -0.1) is 0 Å². The standard InChI is InChI=1S/C33H38NO2/c1-32(2,3)18-21-10-8-12-27-24(21)17-26-31-30-23(22(15-16-36-6)28(19-35)34(27)31)14-13-20-9-7-11-25(29(20)30)33(26,4)5/h7-14,17,22,28,35H,15-16,18-19H2,1-6H3/q+1. The van der Waals surface area contributed by atoms with E-state index in [0.717, 1.165) is 12.8 Å². The van der Waals surface area contributed by atoms with Crippen molar-refractivity contribution in [2.75, 3.05) is 20.3 Å². The molecule has 2 aliphatic rings. The molecule has 186 valence electrons. The molecule has 1 aliphatic heterocycles. The third-order valence-electron chi connectivity index (χ3n) is 8.62. The monoisotopic (exact) mass is 480 g/mol. The van der Waals surface area contributed by atoms with Crippen LogP contribution < -0.4 is 4.57 Å². The second-order valence-electron chi connectivity index (χ2n) is 12.6. The molecule has 4 aromatic rings. The van der Waals surface area contributed by atoms with Gasteiger partial charge in [-0.05, 0) is 51.8 Å². The van der Waals surface area contributed by atoms with Crippen LogP contribution in [-0.4, -0.2) is 25.4 Å². The van der Waals surface area contributed by atoms with E-state index in [4.69, 9.17) is 4.74 Å². The van der Waals surface area contributed by atoms with E-state index >= 15 is 0 Å². The van der Waals surface area contributed by atoms with Crippen molar-refractivity contribution in [3.8, 4) is 11.3 Å². The van der Waals surface area contributed by atoms with Gasteiger partial charge in [-0.1, -0.05) is 77.1 Å². The molecule has 0 radical (unpaired) electrons. The van der Waals surface area contributed by atoms with Gasteiger partial charge in [-0.3, -0.25) is 0 Å². The number of hydrogen-bond donors (Lipinski definition) is 1. The maximum absolute atomic E-state index is 10.9. The van der Waals surface area contributed by atoms with Crippen molar-refractivity contribution < 1.29 is 14.4 Å². The lowest BCUT2D eigenvalue weighted by Crippen LogP contribution is -2.52. The average Bonchev–Trinajstić information content (AvgIpc) is 2.84. The van der Waals surface area contributed by atoms with E-state index in [9.17, 15) is 5.11 Å². The first kappa shape index (κ1) is 23.6. The summed E-state index contributed by atoms with van der Waals surface area (Å²) >= 11 is 0. The maximum atomic E-state index is 10.9. The van der Waals surface area contributed by atoms with Gasteiger partial charge in [0.25, 0.3) is 0 Å². The topological polar surface area (TPSA) is 33.3 Å². The molecule has 36 heavy (non-hydrogen) atoms. The number of aliphatic hydroxyl groups excluding tert-OH is 1. The quantitative estimate of drug-likeness (QED) is 0.317. The molecular formula is C33H38NO2+. The Morgan fingerprint density at radius 2 is 1.78 bits per heavy atom. The molecule has 0 amide bonds. The minimum absolute atomic E-state index is 0.0338. The van der Waals surface area contributed by atoms with Gasteiger partial charge in [0.15, 0.2) is 6.04 Å². The highest BCUT2D eigenvalue weighted by atomic mass is 16.5. The zero-order chi connectivity index (χ0) is 25.4. The smallest absolute Gasteiger partial charge is 0.218 e. The number of aromatic nitrogens is 1. The molecule has 1 aromatic heterocycles. The molecule has 3 aromatic carbocycles. The van der Waals surface area contributed by atoms with Crippen molar-refractivity contribution in [1.29, 1.82) is 0 Å². The first-order valence-electron chi connectivity index (χ1n) is 13.3. The molecule has 3 heteroatoms. The summed E-state index contributed by atoms with van der Waals surface area (Å²) in [4.78, 5) is 0. The Bertz CT molecular complexity index is 1510. The minimum atomic E-state index is -0.148. The van der Waals surface area contributed by atoms with E-state index < -0.39 is 0 Å². The second-order valence-corrected chi connectivity index (χ2v) is 12.6. The Labute approximate surface area is 214 Å². The molecule has 0 bridgehead atoms. The summed E-state index contributed by atoms with van der Waals surface area (Å²) in [7, 11) is 1.77. The van der Waals surface area contributed by atoms with E-state index in [2.05, 4.69) is 93.8 Å². The molecule has 0 fully saturated rings. The zero-order valence-electron chi connectivity index (χ0n) is 22.5. The van der Waals surface area contributed by atoms with Crippen LogP contribution in [0.1, 0.15) is 75.3 Å². The molecule has 0 spiro atoms. The third kappa shape index (κ3) is 3.29. The molecule has 0 saturated carbocycles. The fraction of sp³-hybridized carbons (Fsp3) is 0.424. The SMILES string of the molecule is COCCC1c2ccc3cccc4c3c2-c2c(cc3c(CC(C)(C)C)cccc3[n+]2C1CO)C4(C)C. The Morgan fingerprint density at radius 1 is 1.00 bits per heavy atom. The van der Waals surface area contributed by atoms with E-state index in [0.29, 0.717) is 6.61 Å². The third-order valence-corrected chi connectivity index (χ3v) is 8.62. The summed E-state index contributed by atoms with van der Waals surface area (Å²) in [6, 6.07) is 20.6. The zero-order valence-corrected chi connectivity index (χ0v) is 22.5. The second kappa shape index (κ2) is 8.13. The summed E-state index contributed by atoms with van der Waals surface area (Å²) in [5.74, 6) is 0.186. The average molecular weight is 481 g/mol. The Balaban J connectivity index is 1.80. The summed E-state index contributed by atoms with van der Waals surface area (Å²) in [6.45, 7) is 12.5. The van der Waals surface area contributed by atoms with Crippen LogP contribution in [0.3, 0.4) is 0 Å². The fourth-order valence-electron chi connectivity index (χ4n) is 7.05. The normalized spacial score (nSPS) is 19.8. The van der Waals surface area contributed by atoms with Gasteiger partial charge in [-0.2, -0.15) is 4.57 Å². The number of nitrogens with zero attached hydrogens (tertiary/aromatic N) is 1. The number of methoxy groups -OCH3 is 1. The molecule has 2 unspecified atom stereocenters. The maximum Gasteiger partial charge on any atom is 0.218 e. The Hall–Kier alpha value is -2.75. The van der Waals surface area contributed by atoms with Crippen LogP contribution >= 0.6 is 0 Å². The summed E-state index contributed by atoms with van der Waals surface area (Å²) in [5, 5.41) is 14.9. The highest BCUT2D eigenvalue weighted by Gasteiger charge is 2.48. The van der Waals surface area contributed by atoms with Gasteiger partial charge in [0, 0.05) is 36.1 Å². The van der Waals surface area contributed by atoms with Crippen LogP contribution in [0.4, 0.5) is 0 Å². The summed E-state index contributed by atoms with van der Waals surface area (Å²) in [6.07, 6.45) is 1.89. The first-order chi connectivity index (χ1) is 17.2. The van der Waals surface area contributed by atoms with Crippen molar-refractivity contribution >= 4 is 21.7 Å². The van der Waals surface area contributed by atoms with E-state index in [-0.39, 0.29) is 29.4 Å². The fourth-order valence-corrected chi connectivity index (χ4v) is 7.05. The van der Waals surface area contributed by atoms with Crippen LogP contribution in [0.5, 0.6) is 0 Å². The number of hydrogen-bond acceptors (Lipinski definition) is 2. The molecule has 6 rings (SSSR count). The number of fused-ring (bicyclic) bond motifs is 2. The van der Waals surface area contributed by atoms with Crippen LogP contribution in [0.2, 0.25) is 0 Å². The number of ether oxygens (including phenoxy) is 1. The Morgan fingerprint density at radius 3 is 2.50 bits per heavy atom. The van der Waals surface area contributed by atoms with E-state index in [1.54, 1.807) is 7.11 Å². The predicted molar refractivity (Wildman–Crippen MR) is 148 cm³/mol. The van der Waals surface area contributed by atoms with Gasteiger partial charge < -0.3 is 9.84 Å². The van der Waals surface area contributed by atoms with Gasteiger partial charge in [0.2, 0.25) is 11.2 Å². The van der Waals surface area contributed by atoms with Crippen molar-refractivity contribution in [3.05, 3.63) is 76.9 Å². The van der Waals surface area contributed by atoms with Crippen LogP contribution in [0.25, 0.3) is 32.9 Å². The molecule has 1 N–H and O–H groups in total. The van der Waals surface area contributed by atoms with Crippen LogP contribution in [0.15, 0.2) is 54.6 Å². The van der Waals surface area contributed by atoms with Gasteiger partial charge >= 0.3 is 0 Å². The summed E-state index contributed by atoms with van der Waals surface area (Å²) < 4.78 is 8.08. The highest BCUT2D eigenvalue weighted by Crippen LogP contribution is 2.54. The van der Waals surface area contributed by atoms with Crippen molar-refractivity contribution in [3.63, 3.8) is 0 Å². The van der Waals surface area contributed by atoms with E-state index in [1.807, 2.05) is 0 Å². The number of aliphatic hydroxyl groups is 1. The molecular weight excluding hydrogens is 442 g/mol. The van der Waals surface area contributed by atoms with Crippen LogP contribution in [-0.2, 0) is 16.6 Å². The van der Waals surface area contributed by atoms with Crippen molar-refractivity contribution in [2.45, 2.75) is 64.8 Å². The van der Waals surface area contributed by atoms with Gasteiger partial charge in [0.05, 0.1) is 11.5 Å². The first-order valence-corrected chi connectivity index (χ1v) is 13.3. The summed E-state index contributed by atoms with van der Waals surface area (Å²) in [5.41, 5.74) is 9.44. The van der Waals surface area contributed by atoms with Crippen LogP contribution in [0, 0.1) is 5.41 Å². The largest absolute Gasteiger partial charge is 0.389 e. The molecule has 2 heterocycles. The molecule has 0 saturated heterocycles. The number of rotatable bonds is 5. The number of benzene rings is 3. The lowest BCUT2D eigenvalue weighted by Gasteiger charge is -2.39. The lowest BCUT2D eigenvalue weighted by molar-refractivity contribution is -0.696. The predicted octanol–water partition coefficient (Wildman–Crippen LogP) is 6.84. The molecule has 1 aliphatic carbocycles. The van der Waals surface area contributed by atoms with Gasteiger partial charge in [-0.25, -0.2) is 0 Å². The molecule has 3 nitrogen and oxygen atoms in total. The highest BCUT2D eigenvalue weighted by molar-refractivity contribution is 6.04. The van der Waals surface area contributed by atoms with Gasteiger partial charge in [0.1, 0.15) is 6.61 Å². The Kier molecular flexibility index (Phi) is 5.34. The van der Waals surface area contributed by atoms with E-state index in [1.165, 1.54) is 55.2 Å². The minimum Gasteiger partial charge on any atom is -0.389 e. The molecule has 2 atom stereocenters. The number of pyridine rings is 1. The van der Waals surface area contributed by atoms with Crippen molar-refractivity contribution in [2.24, 2.45) is 5.41 Å². The lowest BCUT2D eigenvalue weighted by atomic mass is 9.66.